The van der Waals surface area contributed by atoms with Gasteiger partial charge in [0.05, 0.1) is 13.8 Å². The third-order valence-electron chi connectivity index (χ3n) is 1.89. The number of benzene rings is 1. The summed E-state index contributed by atoms with van der Waals surface area (Å²) in [5, 5.41) is 0.485. The molecule has 0 bridgehead atoms. The van der Waals surface area contributed by atoms with Crippen molar-refractivity contribution in [2.45, 2.75) is 19.6 Å². The first-order valence-electron chi connectivity index (χ1n) is 4.07. The highest BCUT2D eigenvalue weighted by Crippen LogP contribution is 2.13. The number of halogens is 2. The smallest absolute Gasteiger partial charge is 0.146 e. The van der Waals surface area contributed by atoms with Crippen LogP contribution < -0.4 is 10.9 Å². The Hall–Kier alpha value is -0.903. The van der Waals surface area contributed by atoms with Gasteiger partial charge in [0, 0.05) is 0 Å². The molecular formula is C9H13F2NSi. The van der Waals surface area contributed by atoms with Gasteiger partial charge in [0.2, 0.25) is 0 Å². The van der Waals surface area contributed by atoms with Crippen LogP contribution in [0.25, 0.3) is 0 Å². The molecule has 1 rings (SSSR count). The summed E-state index contributed by atoms with van der Waals surface area (Å²) >= 11 is 0. The molecule has 0 radical (unpaired) electrons. The Bertz CT molecular complexity index is 331. The average Bonchev–Trinajstić information content (AvgIpc) is 1.94. The zero-order chi connectivity index (χ0) is 10.2. The van der Waals surface area contributed by atoms with E-state index in [1.54, 1.807) is 0 Å². The van der Waals surface area contributed by atoms with Crippen molar-refractivity contribution in [3.05, 3.63) is 23.8 Å². The minimum atomic E-state index is -1.80. The summed E-state index contributed by atoms with van der Waals surface area (Å²) < 4.78 is 26.3. The molecule has 0 saturated carbocycles. The van der Waals surface area contributed by atoms with E-state index in [-0.39, 0.29) is 5.69 Å². The molecular weight excluding hydrogens is 188 g/mol. The maximum Gasteiger partial charge on any atom is 0.146 e. The number of nitrogen functional groups attached to an aromatic ring is 1. The van der Waals surface area contributed by atoms with E-state index in [2.05, 4.69) is 0 Å². The lowest BCUT2D eigenvalue weighted by Crippen LogP contribution is -2.40. The van der Waals surface area contributed by atoms with Crippen molar-refractivity contribution in [3.8, 4) is 0 Å². The standard InChI is InChI=1S/C9H13F2NSi/c1-13(2,3)9-5-6(10)8(12)4-7(9)11/h4-5H,12H2,1-3H3. The fourth-order valence-electron chi connectivity index (χ4n) is 1.14. The van der Waals surface area contributed by atoms with Crippen LogP contribution in [0, 0.1) is 11.6 Å². The Balaban J connectivity index is 3.32. The van der Waals surface area contributed by atoms with Crippen LogP contribution in [0.4, 0.5) is 14.5 Å². The van der Waals surface area contributed by atoms with Gasteiger partial charge in [0.1, 0.15) is 11.6 Å². The first-order chi connectivity index (χ1) is 5.82. The topological polar surface area (TPSA) is 26.0 Å². The third kappa shape index (κ3) is 2.06. The minimum Gasteiger partial charge on any atom is -0.396 e. The summed E-state index contributed by atoms with van der Waals surface area (Å²) in [5.41, 5.74) is 5.11. The minimum absolute atomic E-state index is 0.125. The quantitative estimate of drug-likeness (QED) is 0.546. The summed E-state index contributed by atoms with van der Waals surface area (Å²) in [6.45, 7) is 5.88. The number of hydrogen-bond donors (Lipinski definition) is 1. The fourth-order valence-corrected chi connectivity index (χ4v) is 2.49. The Labute approximate surface area is 77.6 Å². The van der Waals surface area contributed by atoms with Gasteiger partial charge in [-0.15, -0.1) is 0 Å². The van der Waals surface area contributed by atoms with Crippen LogP contribution in [-0.2, 0) is 0 Å². The van der Waals surface area contributed by atoms with Crippen molar-refractivity contribution >= 4 is 18.9 Å². The molecule has 1 aromatic rings. The van der Waals surface area contributed by atoms with Crippen molar-refractivity contribution in [2.75, 3.05) is 5.73 Å². The lowest BCUT2D eigenvalue weighted by molar-refractivity contribution is 0.610. The number of rotatable bonds is 1. The SMILES string of the molecule is C[Si](C)(C)c1cc(F)c(N)cc1F. The van der Waals surface area contributed by atoms with Crippen molar-refractivity contribution in [2.24, 2.45) is 0 Å². The van der Waals surface area contributed by atoms with E-state index >= 15 is 0 Å². The van der Waals surface area contributed by atoms with Gasteiger partial charge in [-0.25, -0.2) is 8.78 Å². The summed E-state index contributed by atoms with van der Waals surface area (Å²) in [7, 11) is -1.80. The molecule has 0 fully saturated rings. The summed E-state index contributed by atoms with van der Waals surface area (Å²) in [6, 6.07) is 2.28. The molecule has 0 aromatic heterocycles. The second-order valence-corrected chi connectivity index (χ2v) is 9.14. The maximum atomic E-state index is 13.3. The first kappa shape index (κ1) is 10.2. The van der Waals surface area contributed by atoms with Gasteiger partial charge in [0.15, 0.2) is 0 Å². The zero-order valence-corrected chi connectivity index (χ0v) is 8.99. The van der Waals surface area contributed by atoms with Crippen LogP contribution >= 0.6 is 0 Å². The van der Waals surface area contributed by atoms with Crippen LogP contribution in [0.1, 0.15) is 0 Å². The maximum absolute atomic E-state index is 13.3. The van der Waals surface area contributed by atoms with Gasteiger partial charge < -0.3 is 5.73 Å². The number of nitrogens with two attached hydrogens (primary N) is 1. The summed E-state index contributed by atoms with van der Waals surface area (Å²) in [4.78, 5) is 0. The predicted octanol–water partition coefficient (Wildman–Crippen LogP) is 2.09. The van der Waals surface area contributed by atoms with Crippen LogP contribution in [0.2, 0.25) is 19.6 Å². The van der Waals surface area contributed by atoms with E-state index in [4.69, 9.17) is 5.73 Å². The zero-order valence-electron chi connectivity index (χ0n) is 7.99. The molecule has 1 nitrogen and oxygen atoms in total. The van der Waals surface area contributed by atoms with Gasteiger partial charge in [-0.3, -0.25) is 0 Å². The molecule has 0 saturated heterocycles. The molecule has 0 aliphatic heterocycles. The van der Waals surface area contributed by atoms with Crippen LogP contribution in [0.3, 0.4) is 0 Å². The van der Waals surface area contributed by atoms with Crippen LogP contribution in [-0.4, -0.2) is 8.07 Å². The lowest BCUT2D eigenvalue weighted by Gasteiger charge is -2.17. The molecule has 13 heavy (non-hydrogen) atoms. The Morgan fingerprint density at radius 1 is 1.08 bits per heavy atom. The first-order valence-corrected chi connectivity index (χ1v) is 7.57. The van der Waals surface area contributed by atoms with Gasteiger partial charge in [0.25, 0.3) is 0 Å². The third-order valence-corrected chi connectivity index (χ3v) is 3.89. The van der Waals surface area contributed by atoms with Crippen LogP contribution in [0.5, 0.6) is 0 Å². The van der Waals surface area contributed by atoms with E-state index < -0.39 is 19.7 Å². The molecule has 1 aromatic carbocycles. The van der Waals surface area contributed by atoms with Gasteiger partial charge in [-0.05, 0) is 17.3 Å². The molecule has 0 spiro atoms. The molecule has 0 aliphatic carbocycles. The molecule has 0 unspecified atom stereocenters. The second kappa shape index (κ2) is 3.10. The van der Waals surface area contributed by atoms with Crippen molar-refractivity contribution < 1.29 is 8.78 Å². The molecule has 2 N–H and O–H groups in total. The van der Waals surface area contributed by atoms with Crippen molar-refractivity contribution in [1.29, 1.82) is 0 Å². The molecule has 0 atom stereocenters. The monoisotopic (exact) mass is 201 g/mol. The highest BCUT2D eigenvalue weighted by atomic mass is 28.3. The highest BCUT2D eigenvalue weighted by molar-refractivity contribution is 6.88. The summed E-state index contributed by atoms with van der Waals surface area (Å²) in [5.74, 6) is -0.920. The molecule has 4 heteroatoms. The van der Waals surface area contributed by atoms with E-state index in [0.29, 0.717) is 5.19 Å². The predicted molar refractivity (Wildman–Crippen MR) is 53.8 cm³/mol. The van der Waals surface area contributed by atoms with E-state index in [1.165, 1.54) is 6.07 Å². The van der Waals surface area contributed by atoms with Crippen molar-refractivity contribution in [1.82, 2.24) is 0 Å². The van der Waals surface area contributed by atoms with E-state index in [0.717, 1.165) is 6.07 Å². The molecule has 0 aliphatic rings. The van der Waals surface area contributed by atoms with Gasteiger partial charge in [-0.2, -0.15) is 0 Å². The lowest BCUT2D eigenvalue weighted by atomic mass is 10.3. The number of anilines is 1. The van der Waals surface area contributed by atoms with Crippen molar-refractivity contribution in [3.63, 3.8) is 0 Å². The van der Waals surface area contributed by atoms with E-state index in [1.807, 2.05) is 19.6 Å². The molecule has 0 heterocycles. The average molecular weight is 201 g/mol. The number of hydrogen-bond acceptors (Lipinski definition) is 1. The molecule has 72 valence electrons. The summed E-state index contributed by atoms with van der Waals surface area (Å²) in [6.07, 6.45) is 0. The highest BCUT2D eigenvalue weighted by Gasteiger charge is 2.22. The molecule has 0 amide bonds. The largest absolute Gasteiger partial charge is 0.396 e. The van der Waals surface area contributed by atoms with Crippen LogP contribution in [0.15, 0.2) is 12.1 Å². The Kier molecular flexibility index (Phi) is 2.43. The second-order valence-electron chi connectivity index (χ2n) is 4.10. The van der Waals surface area contributed by atoms with Gasteiger partial charge >= 0.3 is 0 Å². The Morgan fingerprint density at radius 2 is 1.62 bits per heavy atom. The Morgan fingerprint density at radius 3 is 2.08 bits per heavy atom. The van der Waals surface area contributed by atoms with E-state index in [9.17, 15) is 8.78 Å². The fraction of sp³-hybridized carbons (Fsp3) is 0.333. The van der Waals surface area contributed by atoms with Gasteiger partial charge in [-0.1, -0.05) is 19.6 Å². The normalized spacial score (nSPS) is 11.8.